The highest BCUT2D eigenvalue weighted by molar-refractivity contribution is 5.41. The van der Waals surface area contributed by atoms with Crippen LogP contribution in [0.5, 0.6) is 5.75 Å². The van der Waals surface area contributed by atoms with Crippen molar-refractivity contribution in [2.45, 2.75) is 58.6 Å². The Balaban J connectivity index is 1.66. The number of likely N-dealkylation sites (tertiary alicyclic amines) is 1. The molecule has 31 heavy (non-hydrogen) atoms. The lowest BCUT2D eigenvalue weighted by atomic mass is 9.85. The number of nitrogens with zero attached hydrogens (tertiary/aromatic N) is 2. The number of ether oxygens (including phenoxy) is 1. The van der Waals surface area contributed by atoms with E-state index < -0.39 is 6.10 Å². The Hall–Kier alpha value is -2.44. The average molecular weight is 428 g/mol. The minimum Gasteiger partial charge on any atom is -0.490 e. The molecule has 1 fully saturated rings. The van der Waals surface area contributed by atoms with Gasteiger partial charge in [-0.25, -0.2) is 0 Å². The molecule has 3 rings (SSSR count). The molecule has 6 heteroatoms. The second kappa shape index (κ2) is 9.37. The van der Waals surface area contributed by atoms with Crippen molar-refractivity contribution in [2.24, 2.45) is 0 Å². The number of aliphatic hydroxyl groups is 1. The summed E-state index contributed by atoms with van der Waals surface area (Å²) < 4.78 is 6.89. The van der Waals surface area contributed by atoms with Crippen molar-refractivity contribution >= 4 is 5.69 Å². The number of hydrogen-bond acceptors (Lipinski definition) is 4. The molecule has 0 aromatic heterocycles. The summed E-state index contributed by atoms with van der Waals surface area (Å²) in [4.78, 5) is 10.5. The minimum absolute atomic E-state index is 0.0367. The Bertz CT molecular complexity index is 897. The van der Waals surface area contributed by atoms with Crippen molar-refractivity contribution in [3.8, 4) is 5.75 Å². The minimum atomic E-state index is -0.578. The third-order valence-electron chi connectivity index (χ3n) is 6.15. The van der Waals surface area contributed by atoms with E-state index in [9.17, 15) is 15.2 Å². The van der Waals surface area contributed by atoms with Crippen LogP contribution in [0, 0.1) is 17.0 Å². The van der Waals surface area contributed by atoms with Gasteiger partial charge in [0.25, 0.3) is 5.69 Å². The highest BCUT2D eigenvalue weighted by atomic mass is 16.6. The Morgan fingerprint density at radius 3 is 2.35 bits per heavy atom. The van der Waals surface area contributed by atoms with Crippen molar-refractivity contribution in [3.63, 3.8) is 0 Å². The largest absolute Gasteiger partial charge is 0.490 e. The van der Waals surface area contributed by atoms with Crippen LogP contribution in [0.1, 0.15) is 50.3 Å². The normalized spacial score (nSPS) is 16.8. The van der Waals surface area contributed by atoms with Crippen LogP contribution in [0.25, 0.3) is 0 Å². The number of hydrogen-bond donors (Lipinski definition) is 1. The van der Waals surface area contributed by atoms with E-state index >= 15 is 0 Å². The number of benzene rings is 2. The number of quaternary nitrogens is 1. The molecule has 0 saturated carbocycles. The third-order valence-corrected chi connectivity index (χ3v) is 6.15. The number of nitro benzene ring substituents is 1. The fourth-order valence-electron chi connectivity index (χ4n) is 4.56. The van der Waals surface area contributed by atoms with Crippen LogP contribution in [0.3, 0.4) is 0 Å². The topological polar surface area (TPSA) is 72.6 Å². The molecule has 1 saturated heterocycles. The van der Waals surface area contributed by atoms with Gasteiger partial charge in [-0.1, -0.05) is 38.5 Å². The molecule has 0 bridgehead atoms. The molecule has 168 valence electrons. The maximum absolute atomic E-state index is 10.9. The summed E-state index contributed by atoms with van der Waals surface area (Å²) >= 11 is 0. The van der Waals surface area contributed by atoms with Gasteiger partial charge in [-0.3, -0.25) is 10.1 Å². The van der Waals surface area contributed by atoms with Gasteiger partial charge in [0, 0.05) is 30.5 Å². The van der Waals surface area contributed by atoms with Crippen LogP contribution in [0.2, 0.25) is 0 Å². The second-order valence-corrected chi connectivity index (χ2v) is 9.97. The smallest absolute Gasteiger partial charge is 0.269 e. The SMILES string of the molecule is Cc1ccc(OCC(O)C[N+]2(Cc3ccc([N+](=O)[O-])cc3)CCCC2)c(C(C)(C)C)c1. The molecule has 0 radical (unpaired) electrons. The molecule has 0 aliphatic carbocycles. The fraction of sp³-hybridized carbons (Fsp3) is 0.520. The molecule has 1 atom stereocenters. The van der Waals surface area contributed by atoms with Crippen LogP contribution < -0.4 is 4.74 Å². The van der Waals surface area contributed by atoms with Gasteiger partial charge in [-0.2, -0.15) is 0 Å². The zero-order chi connectivity index (χ0) is 22.6. The van der Waals surface area contributed by atoms with Gasteiger partial charge in [0.2, 0.25) is 0 Å². The van der Waals surface area contributed by atoms with Crippen molar-refractivity contribution in [2.75, 3.05) is 26.2 Å². The van der Waals surface area contributed by atoms with Gasteiger partial charge < -0.3 is 14.3 Å². The quantitative estimate of drug-likeness (QED) is 0.375. The van der Waals surface area contributed by atoms with Crippen LogP contribution in [0.4, 0.5) is 5.69 Å². The molecule has 1 aliphatic rings. The molecular weight excluding hydrogens is 392 g/mol. The first-order valence-electron chi connectivity index (χ1n) is 11.1. The Kier molecular flexibility index (Phi) is 7.02. The predicted molar refractivity (Wildman–Crippen MR) is 122 cm³/mol. The molecular formula is C25H35N2O4+. The van der Waals surface area contributed by atoms with Crippen molar-refractivity contribution in [1.29, 1.82) is 0 Å². The van der Waals surface area contributed by atoms with Crippen molar-refractivity contribution in [3.05, 3.63) is 69.3 Å². The molecule has 1 unspecified atom stereocenters. The number of aliphatic hydroxyl groups excluding tert-OH is 1. The summed E-state index contributed by atoms with van der Waals surface area (Å²) in [5.41, 5.74) is 3.48. The van der Waals surface area contributed by atoms with E-state index in [0.29, 0.717) is 6.54 Å². The molecule has 6 nitrogen and oxygen atoms in total. The van der Waals surface area contributed by atoms with Gasteiger partial charge in [0.05, 0.1) is 18.0 Å². The van der Waals surface area contributed by atoms with Gasteiger partial charge in [-0.05, 0) is 36.1 Å². The molecule has 1 N–H and O–H groups in total. The van der Waals surface area contributed by atoms with E-state index in [2.05, 4.69) is 33.8 Å². The van der Waals surface area contributed by atoms with Crippen LogP contribution in [0.15, 0.2) is 42.5 Å². The van der Waals surface area contributed by atoms with Gasteiger partial charge in [0.15, 0.2) is 0 Å². The fourth-order valence-corrected chi connectivity index (χ4v) is 4.56. The zero-order valence-electron chi connectivity index (χ0n) is 19.1. The Labute approximate surface area is 185 Å². The zero-order valence-corrected chi connectivity index (χ0v) is 19.1. The summed E-state index contributed by atoms with van der Waals surface area (Å²) in [6.45, 7) is 12.2. The number of nitro groups is 1. The van der Waals surface area contributed by atoms with E-state index in [0.717, 1.165) is 53.8 Å². The first-order valence-corrected chi connectivity index (χ1v) is 11.1. The van der Waals surface area contributed by atoms with Gasteiger partial charge >= 0.3 is 0 Å². The average Bonchev–Trinajstić information content (AvgIpc) is 3.14. The molecule has 2 aromatic carbocycles. The maximum atomic E-state index is 10.9. The highest BCUT2D eigenvalue weighted by Crippen LogP contribution is 2.32. The Morgan fingerprint density at radius 2 is 1.77 bits per heavy atom. The van der Waals surface area contributed by atoms with Crippen molar-refractivity contribution in [1.82, 2.24) is 0 Å². The number of non-ortho nitro benzene ring substituents is 1. The molecule has 2 aromatic rings. The predicted octanol–water partition coefficient (Wildman–Crippen LogP) is 4.75. The number of aryl methyl sites for hydroxylation is 1. The first kappa shape index (κ1) is 23.2. The first-order chi connectivity index (χ1) is 14.6. The third kappa shape index (κ3) is 6.05. The maximum Gasteiger partial charge on any atom is 0.269 e. The lowest BCUT2D eigenvalue weighted by molar-refractivity contribution is -0.932. The van der Waals surface area contributed by atoms with Crippen LogP contribution >= 0.6 is 0 Å². The lowest BCUT2D eigenvalue weighted by Crippen LogP contribution is -2.50. The van der Waals surface area contributed by atoms with E-state index in [1.54, 1.807) is 12.1 Å². The lowest BCUT2D eigenvalue weighted by Gasteiger charge is -2.36. The monoisotopic (exact) mass is 427 g/mol. The second-order valence-electron chi connectivity index (χ2n) is 9.97. The molecule has 1 aliphatic heterocycles. The standard InChI is InChI=1S/C25H35N2O4/c1-19-7-12-24(23(15-19)25(2,3)4)31-18-22(28)17-27(13-5-6-14-27)16-20-8-10-21(11-9-20)26(29)30/h7-12,15,22,28H,5-6,13-14,16-18H2,1-4H3/q+1. The number of rotatable bonds is 8. The van der Waals surface area contributed by atoms with Gasteiger partial charge in [-0.15, -0.1) is 0 Å². The highest BCUT2D eigenvalue weighted by Gasteiger charge is 2.35. The Morgan fingerprint density at radius 1 is 1.13 bits per heavy atom. The summed E-state index contributed by atoms with van der Waals surface area (Å²) in [5, 5.41) is 21.8. The molecule has 0 amide bonds. The van der Waals surface area contributed by atoms with Gasteiger partial charge in [0.1, 0.15) is 31.5 Å². The van der Waals surface area contributed by atoms with Crippen LogP contribution in [-0.2, 0) is 12.0 Å². The van der Waals surface area contributed by atoms with E-state index in [1.165, 1.54) is 5.56 Å². The van der Waals surface area contributed by atoms with Crippen molar-refractivity contribution < 1.29 is 19.2 Å². The summed E-state index contributed by atoms with van der Waals surface area (Å²) in [5.74, 6) is 0.834. The summed E-state index contributed by atoms with van der Waals surface area (Å²) in [7, 11) is 0. The summed E-state index contributed by atoms with van der Waals surface area (Å²) in [6.07, 6.45) is 1.68. The van der Waals surface area contributed by atoms with E-state index in [4.69, 9.17) is 4.74 Å². The van der Waals surface area contributed by atoms with Crippen LogP contribution in [-0.4, -0.2) is 46.9 Å². The van der Waals surface area contributed by atoms with E-state index in [1.807, 2.05) is 24.3 Å². The summed E-state index contributed by atoms with van der Waals surface area (Å²) in [6, 6.07) is 13.0. The van der Waals surface area contributed by atoms with E-state index in [-0.39, 0.29) is 22.6 Å². The molecule has 0 spiro atoms. The molecule has 1 heterocycles.